The maximum Gasteiger partial charge on any atom is 0.207 e. The van der Waals surface area contributed by atoms with Gasteiger partial charge < -0.3 is 19.7 Å². The summed E-state index contributed by atoms with van der Waals surface area (Å²) >= 11 is 0. The molecule has 4 heteroatoms. The molecule has 1 rings (SSSR count). The Balaban J connectivity index is 3.11. The number of phenols is 2. The number of benzene rings is 1. The number of ether oxygens (including phenoxy) is 2. The predicted molar refractivity (Wildman–Crippen MR) is 163 cm³/mol. The van der Waals surface area contributed by atoms with E-state index in [9.17, 15) is 10.2 Å². The predicted octanol–water partition coefficient (Wildman–Crippen LogP) is 10.8. The molecule has 1 aromatic carbocycles. The number of aromatic hydroxyl groups is 2. The molecule has 0 atom stereocenters. The van der Waals surface area contributed by atoms with Gasteiger partial charge in [0.15, 0.2) is 11.5 Å². The number of hydrogen-bond donors (Lipinski definition) is 2. The quantitative estimate of drug-likeness (QED) is 0.0916. The van der Waals surface area contributed by atoms with Gasteiger partial charge in [-0.3, -0.25) is 0 Å². The molecule has 0 aromatic heterocycles. The molecular weight excluding hydrogens is 472 g/mol. The third kappa shape index (κ3) is 14.0. The van der Waals surface area contributed by atoms with Crippen molar-refractivity contribution in [3.63, 3.8) is 0 Å². The Morgan fingerprint density at radius 1 is 0.395 bits per heavy atom. The number of unbranched alkanes of at least 4 members (excludes halogenated alkanes) is 16. The van der Waals surface area contributed by atoms with E-state index in [1.165, 1.54) is 70.6 Å². The molecule has 0 amide bonds. The van der Waals surface area contributed by atoms with E-state index in [0.717, 1.165) is 81.8 Å². The fourth-order valence-electron chi connectivity index (χ4n) is 5.17. The minimum atomic E-state index is -0.131. The average Bonchev–Trinajstić information content (AvgIpc) is 2.92. The van der Waals surface area contributed by atoms with E-state index >= 15 is 0 Å². The van der Waals surface area contributed by atoms with E-state index < -0.39 is 0 Å². The lowest BCUT2D eigenvalue weighted by atomic mass is 9.93. The van der Waals surface area contributed by atoms with E-state index in [-0.39, 0.29) is 11.5 Å². The van der Waals surface area contributed by atoms with Crippen LogP contribution in [0.2, 0.25) is 0 Å². The maximum atomic E-state index is 11.2. The van der Waals surface area contributed by atoms with Crippen LogP contribution >= 0.6 is 0 Å². The van der Waals surface area contributed by atoms with Gasteiger partial charge in [0, 0.05) is 11.1 Å². The van der Waals surface area contributed by atoms with Gasteiger partial charge in [-0.05, 0) is 38.5 Å². The van der Waals surface area contributed by atoms with Gasteiger partial charge in [-0.25, -0.2) is 0 Å². The molecule has 0 unspecified atom stereocenters. The van der Waals surface area contributed by atoms with Crippen LogP contribution in [-0.2, 0) is 12.8 Å². The highest BCUT2D eigenvalue weighted by Crippen LogP contribution is 2.50. The van der Waals surface area contributed by atoms with E-state index in [4.69, 9.17) is 9.47 Å². The van der Waals surface area contributed by atoms with Gasteiger partial charge in [0.25, 0.3) is 0 Å². The van der Waals surface area contributed by atoms with E-state index in [1.54, 1.807) is 0 Å². The number of hydrogen-bond acceptors (Lipinski definition) is 4. The number of rotatable bonds is 26. The summed E-state index contributed by atoms with van der Waals surface area (Å²) < 4.78 is 12.5. The first-order valence-corrected chi connectivity index (χ1v) is 16.5. The first-order valence-electron chi connectivity index (χ1n) is 16.5. The minimum Gasteiger partial charge on any atom is -0.504 e. The Morgan fingerprint density at radius 3 is 1.24 bits per heavy atom. The van der Waals surface area contributed by atoms with Crippen molar-refractivity contribution in [3.8, 4) is 23.0 Å². The Labute approximate surface area is 235 Å². The molecule has 0 heterocycles. The van der Waals surface area contributed by atoms with Crippen LogP contribution < -0.4 is 9.47 Å². The SMILES string of the molecule is CCCCCCCCCc1c(O)c(O)c(OCCCCC)c(OCCCCC)c1CCCCCCCCC. The fraction of sp³-hybridized carbons (Fsp3) is 0.824. The van der Waals surface area contributed by atoms with Crippen LogP contribution in [0.15, 0.2) is 0 Å². The molecule has 0 saturated heterocycles. The highest BCUT2D eigenvalue weighted by atomic mass is 16.5. The zero-order valence-corrected chi connectivity index (χ0v) is 25.7. The van der Waals surface area contributed by atoms with E-state index in [1.807, 2.05) is 0 Å². The van der Waals surface area contributed by atoms with Crippen molar-refractivity contribution < 1.29 is 19.7 Å². The fourth-order valence-corrected chi connectivity index (χ4v) is 5.17. The summed E-state index contributed by atoms with van der Waals surface area (Å²) in [6.07, 6.45) is 25.3. The molecule has 0 aliphatic heterocycles. The second kappa shape index (κ2) is 23.3. The van der Waals surface area contributed by atoms with Gasteiger partial charge in [0.2, 0.25) is 11.5 Å². The summed E-state index contributed by atoms with van der Waals surface area (Å²) in [5.41, 5.74) is 1.95. The highest BCUT2D eigenvalue weighted by Gasteiger charge is 2.26. The first-order chi connectivity index (χ1) is 18.6. The van der Waals surface area contributed by atoms with Crippen LogP contribution in [0.4, 0.5) is 0 Å². The smallest absolute Gasteiger partial charge is 0.207 e. The minimum absolute atomic E-state index is 0.0142. The maximum absolute atomic E-state index is 11.2. The van der Waals surface area contributed by atoms with Gasteiger partial charge in [-0.1, -0.05) is 130 Å². The number of phenolic OH excluding ortho intramolecular Hbond substituents is 2. The molecule has 0 aliphatic rings. The lowest BCUT2D eigenvalue weighted by Crippen LogP contribution is -2.08. The molecule has 0 fully saturated rings. The summed E-state index contributed by atoms with van der Waals surface area (Å²) in [7, 11) is 0. The average molecular weight is 535 g/mol. The summed E-state index contributed by atoms with van der Waals surface area (Å²) in [5, 5.41) is 22.3. The Kier molecular flexibility index (Phi) is 21.1. The molecule has 0 saturated carbocycles. The van der Waals surface area contributed by atoms with Crippen molar-refractivity contribution in [1.82, 2.24) is 0 Å². The van der Waals surface area contributed by atoms with Crippen molar-refractivity contribution >= 4 is 0 Å². The highest BCUT2D eigenvalue weighted by molar-refractivity contribution is 5.66. The van der Waals surface area contributed by atoms with Crippen LogP contribution in [0.25, 0.3) is 0 Å². The second-order valence-electron chi connectivity index (χ2n) is 11.2. The van der Waals surface area contributed by atoms with Crippen molar-refractivity contribution in [2.45, 2.75) is 169 Å². The Morgan fingerprint density at radius 2 is 0.763 bits per heavy atom. The summed E-state index contributed by atoms with van der Waals surface area (Å²) in [4.78, 5) is 0. The molecule has 0 bridgehead atoms. The lowest BCUT2D eigenvalue weighted by Gasteiger charge is -2.22. The standard InChI is InChI=1S/C34H62O4/c1-5-9-13-15-17-19-21-25-29-30(26-22-20-18-16-14-10-6-2)33(37-27-23-11-7-3)34(32(36)31(29)35)38-28-24-12-8-4/h35-36H,5-28H2,1-4H3. The molecule has 4 nitrogen and oxygen atoms in total. The molecule has 0 radical (unpaired) electrons. The van der Waals surface area contributed by atoms with Crippen molar-refractivity contribution in [3.05, 3.63) is 11.1 Å². The molecule has 222 valence electrons. The molecule has 0 aliphatic carbocycles. The van der Waals surface area contributed by atoms with Crippen LogP contribution in [-0.4, -0.2) is 23.4 Å². The molecule has 38 heavy (non-hydrogen) atoms. The Hall–Kier alpha value is -1.58. The van der Waals surface area contributed by atoms with Gasteiger partial charge >= 0.3 is 0 Å². The van der Waals surface area contributed by atoms with Crippen LogP contribution in [0.1, 0.15) is 167 Å². The van der Waals surface area contributed by atoms with Gasteiger partial charge in [0.1, 0.15) is 0 Å². The summed E-state index contributed by atoms with van der Waals surface area (Å²) in [6.45, 7) is 10.0. The topological polar surface area (TPSA) is 58.9 Å². The first kappa shape index (κ1) is 34.4. The van der Waals surface area contributed by atoms with Crippen LogP contribution in [0.5, 0.6) is 23.0 Å². The van der Waals surface area contributed by atoms with Gasteiger partial charge in [-0.2, -0.15) is 0 Å². The molecule has 0 spiro atoms. The monoisotopic (exact) mass is 534 g/mol. The van der Waals surface area contributed by atoms with Crippen LogP contribution in [0, 0.1) is 0 Å². The third-order valence-corrected chi connectivity index (χ3v) is 7.62. The molecular formula is C34H62O4. The molecule has 2 N–H and O–H groups in total. The zero-order chi connectivity index (χ0) is 27.8. The van der Waals surface area contributed by atoms with E-state index in [2.05, 4.69) is 27.7 Å². The lowest BCUT2D eigenvalue weighted by molar-refractivity contribution is 0.243. The third-order valence-electron chi connectivity index (χ3n) is 7.62. The van der Waals surface area contributed by atoms with Gasteiger partial charge in [-0.15, -0.1) is 0 Å². The van der Waals surface area contributed by atoms with Crippen molar-refractivity contribution in [1.29, 1.82) is 0 Å². The summed E-state index contributed by atoms with van der Waals surface area (Å²) in [5.74, 6) is 0.932. The second-order valence-corrected chi connectivity index (χ2v) is 11.2. The summed E-state index contributed by atoms with van der Waals surface area (Å²) in [6, 6.07) is 0. The van der Waals surface area contributed by atoms with Crippen LogP contribution in [0.3, 0.4) is 0 Å². The zero-order valence-electron chi connectivity index (χ0n) is 25.7. The van der Waals surface area contributed by atoms with Crippen molar-refractivity contribution in [2.24, 2.45) is 0 Å². The Bertz CT molecular complexity index is 700. The van der Waals surface area contributed by atoms with Crippen molar-refractivity contribution in [2.75, 3.05) is 13.2 Å². The van der Waals surface area contributed by atoms with Gasteiger partial charge in [0.05, 0.1) is 13.2 Å². The van der Waals surface area contributed by atoms with E-state index in [0.29, 0.717) is 24.7 Å². The largest absolute Gasteiger partial charge is 0.504 e. The molecule has 1 aromatic rings. The normalized spacial score (nSPS) is 11.3.